The average molecular weight is 453 g/mol. The fourth-order valence-corrected chi connectivity index (χ4v) is 5.80. The summed E-state index contributed by atoms with van der Waals surface area (Å²) in [6.45, 7) is 0. The summed E-state index contributed by atoms with van der Waals surface area (Å²) in [5, 5.41) is 3.00. The molecule has 1 amide bonds. The van der Waals surface area contributed by atoms with E-state index in [2.05, 4.69) is 10.3 Å². The first kappa shape index (κ1) is 21.4. The summed E-state index contributed by atoms with van der Waals surface area (Å²) in [7, 11) is -6.61. The lowest BCUT2D eigenvalue weighted by Gasteiger charge is -2.05. The summed E-state index contributed by atoms with van der Waals surface area (Å²) in [6, 6.07) is 13.5. The van der Waals surface area contributed by atoms with Crippen LogP contribution in [-0.2, 0) is 30.2 Å². The second-order valence-electron chi connectivity index (χ2n) is 6.65. The number of hydrogen-bond donors (Lipinski definition) is 1. The van der Waals surface area contributed by atoms with Crippen LogP contribution in [0.25, 0.3) is 10.2 Å². The molecule has 0 aliphatic heterocycles. The van der Waals surface area contributed by atoms with Gasteiger partial charge < -0.3 is 5.32 Å². The third-order valence-electron chi connectivity index (χ3n) is 4.12. The number of carbonyl (C=O) groups excluding carboxylic acids is 1. The van der Waals surface area contributed by atoms with Crippen molar-refractivity contribution in [1.82, 2.24) is 4.98 Å². The van der Waals surface area contributed by atoms with E-state index in [9.17, 15) is 21.6 Å². The van der Waals surface area contributed by atoms with Crippen molar-refractivity contribution in [1.29, 1.82) is 0 Å². The number of hydrogen-bond acceptors (Lipinski definition) is 7. The highest BCUT2D eigenvalue weighted by Gasteiger charge is 2.15. The number of rotatable bonds is 8. The monoisotopic (exact) mass is 452 g/mol. The van der Waals surface area contributed by atoms with Gasteiger partial charge in [0.25, 0.3) is 0 Å². The molecule has 3 aromatic rings. The molecule has 0 spiro atoms. The summed E-state index contributed by atoms with van der Waals surface area (Å²) in [4.78, 5) is 16.6. The van der Waals surface area contributed by atoms with Gasteiger partial charge in [0.2, 0.25) is 5.91 Å². The molecule has 2 aromatic carbocycles. The molecular formula is C19H20N2O5S3. The van der Waals surface area contributed by atoms with Crippen molar-refractivity contribution < 1.29 is 21.6 Å². The Hall–Kier alpha value is -2.30. The van der Waals surface area contributed by atoms with Gasteiger partial charge in [0.15, 0.2) is 24.8 Å². The number of fused-ring (bicyclic) bond motifs is 1. The van der Waals surface area contributed by atoms with Crippen LogP contribution >= 0.6 is 11.3 Å². The lowest BCUT2D eigenvalue weighted by Crippen LogP contribution is -2.15. The summed E-state index contributed by atoms with van der Waals surface area (Å²) in [6.07, 6.45) is 1.40. The molecule has 0 unspecified atom stereocenters. The topological polar surface area (TPSA) is 110 Å². The van der Waals surface area contributed by atoms with Gasteiger partial charge in [-0.1, -0.05) is 41.7 Å². The van der Waals surface area contributed by atoms with Crippen molar-refractivity contribution in [3.05, 3.63) is 54.1 Å². The lowest BCUT2D eigenvalue weighted by atomic mass is 10.2. The predicted octanol–water partition coefficient (Wildman–Crippen LogP) is 3.03. The molecule has 0 saturated heterocycles. The van der Waals surface area contributed by atoms with Crippen molar-refractivity contribution in [3.8, 4) is 0 Å². The molecule has 0 atom stereocenters. The van der Waals surface area contributed by atoms with Crippen molar-refractivity contribution in [2.75, 3.05) is 17.3 Å². The number of amides is 1. The van der Waals surface area contributed by atoms with E-state index >= 15 is 0 Å². The van der Waals surface area contributed by atoms with Gasteiger partial charge in [0.05, 0.1) is 26.6 Å². The van der Waals surface area contributed by atoms with Gasteiger partial charge in [0.1, 0.15) is 0 Å². The van der Waals surface area contributed by atoms with E-state index in [1.807, 2.05) is 6.07 Å². The predicted molar refractivity (Wildman–Crippen MR) is 115 cm³/mol. The molecule has 0 radical (unpaired) electrons. The lowest BCUT2D eigenvalue weighted by molar-refractivity contribution is -0.116. The average Bonchev–Trinajstić information content (AvgIpc) is 3.02. The molecule has 3 rings (SSSR count). The molecule has 1 N–H and O–H groups in total. The van der Waals surface area contributed by atoms with Crippen LogP contribution in [0.4, 0.5) is 5.13 Å². The fraction of sp³-hybridized carbons (Fsp3) is 0.263. The minimum atomic E-state index is -3.32. The van der Waals surface area contributed by atoms with Crippen LogP contribution in [0.15, 0.2) is 53.4 Å². The van der Waals surface area contributed by atoms with Gasteiger partial charge in [-0.25, -0.2) is 21.8 Å². The third kappa shape index (κ3) is 6.09. The van der Waals surface area contributed by atoms with Crippen LogP contribution in [0.2, 0.25) is 0 Å². The Kier molecular flexibility index (Phi) is 6.35. The van der Waals surface area contributed by atoms with Gasteiger partial charge in [-0.2, -0.15) is 0 Å². The van der Waals surface area contributed by atoms with Crippen LogP contribution in [0.1, 0.15) is 18.4 Å². The molecule has 7 nitrogen and oxygen atoms in total. The maximum Gasteiger partial charge on any atom is 0.226 e. The quantitative estimate of drug-likeness (QED) is 0.562. The number of nitrogens with one attached hydrogen (secondary N) is 1. The Morgan fingerprint density at radius 3 is 2.48 bits per heavy atom. The van der Waals surface area contributed by atoms with Gasteiger partial charge in [-0.05, 0) is 30.2 Å². The minimum absolute atomic E-state index is 0.0456. The van der Waals surface area contributed by atoms with E-state index in [1.165, 1.54) is 23.5 Å². The van der Waals surface area contributed by atoms with Gasteiger partial charge in [-0.3, -0.25) is 4.79 Å². The van der Waals surface area contributed by atoms with E-state index in [1.54, 1.807) is 30.3 Å². The number of anilines is 1. The fourth-order valence-electron chi connectivity index (χ4n) is 2.72. The highest BCUT2D eigenvalue weighted by molar-refractivity contribution is 7.91. The Balaban J connectivity index is 1.55. The van der Waals surface area contributed by atoms with Gasteiger partial charge in [0, 0.05) is 12.7 Å². The van der Waals surface area contributed by atoms with Crippen molar-refractivity contribution in [2.24, 2.45) is 0 Å². The van der Waals surface area contributed by atoms with E-state index in [-0.39, 0.29) is 35.2 Å². The number of thiazole rings is 1. The Morgan fingerprint density at radius 2 is 1.79 bits per heavy atom. The number of nitrogens with zero attached hydrogens (tertiary/aromatic N) is 1. The summed E-state index contributed by atoms with van der Waals surface area (Å²) < 4.78 is 48.3. The second-order valence-corrected chi connectivity index (χ2v) is 11.9. The van der Waals surface area contributed by atoms with Crippen molar-refractivity contribution in [3.63, 3.8) is 0 Å². The molecule has 0 saturated carbocycles. The van der Waals surface area contributed by atoms with E-state index in [0.29, 0.717) is 15.3 Å². The smallest absolute Gasteiger partial charge is 0.226 e. The number of sulfone groups is 2. The summed E-state index contributed by atoms with van der Waals surface area (Å²) in [5.41, 5.74) is 1.31. The second kappa shape index (κ2) is 8.60. The van der Waals surface area contributed by atoms with Crippen LogP contribution in [0, 0.1) is 0 Å². The van der Waals surface area contributed by atoms with E-state index < -0.39 is 19.7 Å². The van der Waals surface area contributed by atoms with Crippen LogP contribution in [0.3, 0.4) is 0 Å². The Bertz CT molecular complexity index is 1230. The summed E-state index contributed by atoms with van der Waals surface area (Å²) >= 11 is 1.17. The van der Waals surface area contributed by atoms with Gasteiger partial charge in [-0.15, -0.1) is 0 Å². The first-order chi connectivity index (χ1) is 13.6. The number of carbonyl (C=O) groups is 1. The largest absolute Gasteiger partial charge is 0.302 e. The molecule has 10 heteroatoms. The first-order valence-corrected chi connectivity index (χ1v) is 13.3. The number of benzene rings is 2. The SMILES string of the molecule is CS(=O)(=O)c1ccc2nc(NC(=O)CCCS(=O)(=O)Cc3ccccc3)sc2c1. The Morgan fingerprint density at radius 1 is 1.07 bits per heavy atom. The number of aromatic nitrogens is 1. The molecule has 154 valence electrons. The molecule has 0 aliphatic carbocycles. The zero-order chi connectivity index (χ0) is 21.1. The van der Waals surface area contributed by atoms with Crippen LogP contribution < -0.4 is 5.32 Å². The van der Waals surface area contributed by atoms with Crippen molar-refractivity contribution in [2.45, 2.75) is 23.5 Å². The molecule has 0 bridgehead atoms. The Labute approximate surface area is 173 Å². The first-order valence-electron chi connectivity index (χ1n) is 8.77. The highest BCUT2D eigenvalue weighted by atomic mass is 32.2. The third-order valence-corrected chi connectivity index (χ3v) is 7.85. The van der Waals surface area contributed by atoms with Crippen LogP contribution in [-0.4, -0.2) is 39.7 Å². The maximum atomic E-state index is 12.2. The highest BCUT2D eigenvalue weighted by Crippen LogP contribution is 2.28. The summed E-state index contributed by atoms with van der Waals surface area (Å²) in [5.74, 6) is -0.453. The van der Waals surface area contributed by atoms with E-state index in [0.717, 1.165) is 11.8 Å². The van der Waals surface area contributed by atoms with Crippen molar-refractivity contribution >= 4 is 52.3 Å². The molecule has 0 fully saturated rings. The molecule has 1 aromatic heterocycles. The van der Waals surface area contributed by atoms with Crippen LogP contribution in [0.5, 0.6) is 0 Å². The minimum Gasteiger partial charge on any atom is -0.302 e. The normalized spacial score (nSPS) is 12.2. The molecule has 0 aliphatic rings. The zero-order valence-corrected chi connectivity index (χ0v) is 18.1. The van der Waals surface area contributed by atoms with Gasteiger partial charge >= 0.3 is 0 Å². The molecule has 29 heavy (non-hydrogen) atoms. The van der Waals surface area contributed by atoms with E-state index in [4.69, 9.17) is 0 Å². The molecular weight excluding hydrogens is 432 g/mol. The zero-order valence-electron chi connectivity index (χ0n) is 15.7. The molecule has 1 heterocycles. The standard InChI is InChI=1S/C19H20N2O5S3/c1-28(23,24)15-9-10-16-17(12-15)27-19(20-16)21-18(22)8-5-11-29(25,26)13-14-6-3-2-4-7-14/h2-4,6-7,9-10,12H,5,8,11,13H2,1H3,(H,20,21,22). The maximum absolute atomic E-state index is 12.2.